The zero-order valence-corrected chi connectivity index (χ0v) is 18.5. The Bertz CT molecular complexity index is 1070. The first kappa shape index (κ1) is 21.8. The number of nitrogens with zero attached hydrogens (tertiary/aromatic N) is 2. The molecule has 0 aromatic heterocycles. The molecule has 0 spiro atoms. The van der Waals surface area contributed by atoms with Crippen LogP contribution in [-0.2, 0) is 11.3 Å². The fourth-order valence-corrected chi connectivity index (χ4v) is 4.29. The molecule has 0 bridgehead atoms. The summed E-state index contributed by atoms with van der Waals surface area (Å²) in [4.78, 5) is 42.4. The number of methoxy groups -OCH3 is 2. The summed E-state index contributed by atoms with van der Waals surface area (Å²) in [6, 6.07) is 8.61. The van der Waals surface area contributed by atoms with Gasteiger partial charge in [-0.2, -0.15) is 0 Å². The van der Waals surface area contributed by atoms with E-state index in [1.807, 2.05) is 6.07 Å². The van der Waals surface area contributed by atoms with Crippen LogP contribution in [0.2, 0.25) is 0 Å². The Morgan fingerprint density at radius 1 is 0.906 bits per heavy atom. The van der Waals surface area contributed by atoms with E-state index in [9.17, 15) is 14.4 Å². The Balaban J connectivity index is 1.60. The number of hydrogen-bond donors (Lipinski definition) is 0. The highest BCUT2D eigenvalue weighted by Gasteiger charge is 2.35. The van der Waals surface area contributed by atoms with Crippen molar-refractivity contribution < 1.29 is 28.6 Å². The van der Waals surface area contributed by atoms with Crippen molar-refractivity contribution in [2.75, 3.05) is 47.0 Å². The second kappa shape index (κ2) is 9.00. The highest BCUT2D eigenvalue weighted by Crippen LogP contribution is 2.38. The molecule has 0 atom stereocenters. The number of piperazine rings is 1. The van der Waals surface area contributed by atoms with Gasteiger partial charge in [-0.15, -0.1) is 0 Å². The van der Waals surface area contributed by atoms with Gasteiger partial charge in [0.05, 0.1) is 32.0 Å². The van der Waals surface area contributed by atoms with Gasteiger partial charge in [-0.1, -0.05) is 12.1 Å². The summed E-state index contributed by atoms with van der Waals surface area (Å²) in [5.41, 5.74) is 2.09. The standard InChI is InChI=1S/C24H26N2O6/c1-4-32-24(29)26-10-8-25(9-11-26)14-15-12-17-21(19(13-15)31-3)23(28)20-16(22(17)27)6-5-7-18(20)30-2/h5-7,12-13H,4,8-11,14H2,1-3H3. The summed E-state index contributed by atoms with van der Waals surface area (Å²) in [6.07, 6.45) is -0.291. The van der Waals surface area contributed by atoms with E-state index in [0.717, 1.165) is 5.56 Å². The molecule has 8 nitrogen and oxygen atoms in total. The molecule has 168 valence electrons. The van der Waals surface area contributed by atoms with Gasteiger partial charge < -0.3 is 19.1 Å². The first-order valence-corrected chi connectivity index (χ1v) is 10.6. The maximum atomic E-state index is 13.3. The number of carbonyl (C=O) groups is 3. The average molecular weight is 438 g/mol. The SMILES string of the molecule is CCOC(=O)N1CCN(Cc2cc(OC)c3c(c2)C(=O)c2cccc(OC)c2C3=O)CC1. The van der Waals surface area contributed by atoms with Crippen LogP contribution in [0.4, 0.5) is 4.79 Å². The molecule has 0 unspecified atom stereocenters. The summed E-state index contributed by atoms with van der Waals surface area (Å²) < 4.78 is 15.9. The van der Waals surface area contributed by atoms with Crippen molar-refractivity contribution in [3.8, 4) is 11.5 Å². The van der Waals surface area contributed by atoms with Crippen molar-refractivity contribution in [2.24, 2.45) is 0 Å². The number of amides is 1. The van der Waals surface area contributed by atoms with E-state index >= 15 is 0 Å². The third kappa shape index (κ3) is 3.82. The van der Waals surface area contributed by atoms with Gasteiger partial charge in [-0.25, -0.2) is 4.79 Å². The molecular weight excluding hydrogens is 412 g/mol. The molecule has 2 aromatic carbocycles. The van der Waals surface area contributed by atoms with Crippen LogP contribution in [0.25, 0.3) is 0 Å². The minimum atomic E-state index is -0.291. The predicted molar refractivity (Wildman–Crippen MR) is 117 cm³/mol. The lowest BCUT2D eigenvalue weighted by atomic mass is 9.82. The third-order valence-corrected chi connectivity index (χ3v) is 5.88. The minimum absolute atomic E-state index is 0.221. The fourth-order valence-electron chi connectivity index (χ4n) is 4.29. The van der Waals surface area contributed by atoms with Gasteiger partial charge in [-0.3, -0.25) is 14.5 Å². The van der Waals surface area contributed by atoms with Gasteiger partial charge in [0.1, 0.15) is 11.5 Å². The lowest BCUT2D eigenvalue weighted by molar-refractivity contribution is 0.0777. The van der Waals surface area contributed by atoms with Crippen molar-refractivity contribution in [3.05, 3.63) is 58.1 Å². The summed E-state index contributed by atoms with van der Waals surface area (Å²) in [5.74, 6) is 0.244. The highest BCUT2D eigenvalue weighted by molar-refractivity contribution is 6.30. The molecule has 2 aliphatic rings. The molecule has 32 heavy (non-hydrogen) atoms. The maximum Gasteiger partial charge on any atom is 0.409 e. The Morgan fingerprint density at radius 2 is 1.59 bits per heavy atom. The van der Waals surface area contributed by atoms with Gasteiger partial charge in [0.15, 0.2) is 5.78 Å². The number of ketones is 2. The van der Waals surface area contributed by atoms with Gasteiger partial charge >= 0.3 is 6.09 Å². The number of fused-ring (bicyclic) bond motifs is 2. The first-order chi connectivity index (χ1) is 15.5. The molecule has 0 N–H and O–H groups in total. The van der Waals surface area contributed by atoms with Crippen molar-refractivity contribution in [1.29, 1.82) is 0 Å². The molecule has 0 radical (unpaired) electrons. The van der Waals surface area contributed by atoms with Crippen LogP contribution in [0.5, 0.6) is 11.5 Å². The molecule has 4 rings (SSSR count). The lowest BCUT2D eigenvalue weighted by Crippen LogP contribution is -2.48. The van der Waals surface area contributed by atoms with E-state index in [1.54, 1.807) is 36.1 Å². The first-order valence-electron chi connectivity index (χ1n) is 10.6. The van der Waals surface area contributed by atoms with E-state index in [0.29, 0.717) is 62.0 Å². The zero-order chi connectivity index (χ0) is 22.8. The van der Waals surface area contributed by atoms with E-state index in [2.05, 4.69) is 4.90 Å². The van der Waals surface area contributed by atoms with E-state index in [4.69, 9.17) is 14.2 Å². The Kier molecular flexibility index (Phi) is 6.14. The topological polar surface area (TPSA) is 85.4 Å². The number of rotatable bonds is 5. The number of ether oxygens (including phenoxy) is 3. The van der Waals surface area contributed by atoms with Crippen LogP contribution < -0.4 is 9.47 Å². The van der Waals surface area contributed by atoms with Gasteiger partial charge in [-0.05, 0) is 30.7 Å². The van der Waals surface area contributed by atoms with E-state index in [1.165, 1.54) is 14.2 Å². The van der Waals surface area contributed by atoms with Crippen LogP contribution in [0.15, 0.2) is 30.3 Å². The summed E-state index contributed by atoms with van der Waals surface area (Å²) in [6.45, 7) is 5.24. The molecule has 2 aromatic rings. The summed E-state index contributed by atoms with van der Waals surface area (Å²) in [7, 11) is 2.97. The highest BCUT2D eigenvalue weighted by atomic mass is 16.6. The van der Waals surface area contributed by atoms with Crippen molar-refractivity contribution in [1.82, 2.24) is 9.80 Å². The summed E-state index contributed by atoms with van der Waals surface area (Å²) in [5, 5.41) is 0. The molecule has 1 heterocycles. The molecular formula is C24H26N2O6. The van der Waals surface area contributed by atoms with Crippen LogP contribution in [0, 0.1) is 0 Å². The van der Waals surface area contributed by atoms with E-state index < -0.39 is 0 Å². The lowest BCUT2D eigenvalue weighted by Gasteiger charge is -2.34. The zero-order valence-electron chi connectivity index (χ0n) is 18.5. The van der Waals surface area contributed by atoms with E-state index in [-0.39, 0.29) is 28.8 Å². The average Bonchev–Trinajstić information content (AvgIpc) is 2.82. The second-order valence-electron chi connectivity index (χ2n) is 7.72. The molecule has 1 aliphatic heterocycles. The molecule has 1 fully saturated rings. The van der Waals surface area contributed by atoms with Gasteiger partial charge in [0, 0.05) is 43.9 Å². The van der Waals surface area contributed by atoms with Crippen LogP contribution in [0.3, 0.4) is 0 Å². The molecule has 0 saturated carbocycles. The molecule has 1 amide bonds. The minimum Gasteiger partial charge on any atom is -0.496 e. The van der Waals surface area contributed by atoms with Gasteiger partial charge in [0.25, 0.3) is 0 Å². The Hall–Kier alpha value is -3.39. The second-order valence-corrected chi connectivity index (χ2v) is 7.72. The van der Waals surface area contributed by atoms with Crippen molar-refractivity contribution in [2.45, 2.75) is 13.5 Å². The smallest absolute Gasteiger partial charge is 0.409 e. The quantitative estimate of drug-likeness (QED) is 0.606. The largest absolute Gasteiger partial charge is 0.496 e. The Labute approximate surface area is 186 Å². The molecule has 1 saturated heterocycles. The van der Waals surface area contributed by atoms with Crippen LogP contribution >= 0.6 is 0 Å². The van der Waals surface area contributed by atoms with Crippen molar-refractivity contribution in [3.63, 3.8) is 0 Å². The monoisotopic (exact) mass is 438 g/mol. The maximum absolute atomic E-state index is 13.3. The normalized spacial score (nSPS) is 15.8. The van der Waals surface area contributed by atoms with Crippen LogP contribution in [-0.4, -0.2) is 74.5 Å². The van der Waals surface area contributed by atoms with Gasteiger partial charge in [0.2, 0.25) is 5.78 Å². The molecule has 1 aliphatic carbocycles. The van der Waals surface area contributed by atoms with Crippen molar-refractivity contribution >= 4 is 17.7 Å². The Morgan fingerprint density at radius 3 is 2.25 bits per heavy atom. The molecule has 8 heteroatoms. The number of carbonyl (C=O) groups excluding carboxylic acids is 3. The third-order valence-electron chi connectivity index (χ3n) is 5.88. The number of hydrogen-bond acceptors (Lipinski definition) is 7. The van der Waals surface area contributed by atoms with Crippen LogP contribution in [0.1, 0.15) is 44.3 Å². The number of benzene rings is 2. The summed E-state index contributed by atoms with van der Waals surface area (Å²) >= 11 is 0. The fraction of sp³-hybridized carbons (Fsp3) is 0.375. The predicted octanol–water partition coefficient (Wildman–Crippen LogP) is 2.75.